The van der Waals surface area contributed by atoms with Crippen LogP contribution in [0, 0.1) is 0 Å². The second-order valence-electron chi connectivity index (χ2n) is 17.0. The SMILES string of the molecule is CCCCCCCCCCCCCCCC/C=C/CC/C=C/CCCC(=O)O[C@H](COC(=O)CCCCCCCCCCC)COP(=O)(O)OC1C(O)C(O)C(O)[C@H](O)C1O. The molecule has 0 aromatic rings. The zero-order chi connectivity index (χ0) is 45.0. The van der Waals surface area contributed by atoms with Crippen LogP contribution in [-0.4, -0.2) is 98.3 Å². The van der Waals surface area contributed by atoms with Crippen molar-refractivity contribution in [2.45, 2.75) is 249 Å². The highest BCUT2D eigenvalue weighted by Crippen LogP contribution is 2.47. The van der Waals surface area contributed by atoms with Gasteiger partial charge >= 0.3 is 19.8 Å². The number of carbonyl (C=O) groups excluding carboxylic acids is 2. The molecule has 0 radical (unpaired) electrons. The number of phosphoric ester groups is 1. The van der Waals surface area contributed by atoms with Crippen molar-refractivity contribution in [3.05, 3.63) is 24.3 Å². The van der Waals surface area contributed by atoms with Crippen molar-refractivity contribution >= 4 is 19.8 Å². The molecule has 1 saturated carbocycles. The lowest BCUT2D eigenvalue weighted by Gasteiger charge is -2.41. The van der Waals surface area contributed by atoms with Crippen molar-refractivity contribution in [3.8, 4) is 0 Å². The van der Waals surface area contributed by atoms with Gasteiger partial charge in [-0.25, -0.2) is 4.57 Å². The highest BCUT2D eigenvalue weighted by molar-refractivity contribution is 7.47. The molecule has 14 heteroatoms. The Balaban J connectivity index is 2.39. The van der Waals surface area contributed by atoms with Crippen LogP contribution >= 0.6 is 7.82 Å². The van der Waals surface area contributed by atoms with Crippen LogP contribution in [0.25, 0.3) is 0 Å². The summed E-state index contributed by atoms with van der Waals surface area (Å²) in [4.78, 5) is 35.6. The minimum atomic E-state index is -5.12. The third-order valence-corrected chi connectivity index (χ3v) is 12.3. The summed E-state index contributed by atoms with van der Waals surface area (Å²) in [7, 11) is -5.12. The molecule has 0 aromatic heterocycles. The van der Waals surface area contributed by atoms with Crippen molar-refractivity contribution in [2.75, 3.05) is 13.2 Å². The average molecular weight is 891 g/mol. The maximum absolute atomic E-state index is 12.8. The number of rotatable bonds is 40. The van der Waals surface area contributed by atoms with E-state index in [4.69, 9.17) is 18.5 Å². The van der Waals surface area contributed by atoms with Crippen LogP contribution in [-0.2, 0) is 32.7 Å². The van der Waals surface area contributed by atoms with Crippen LogP contribution in [0.4, 0.5) is 0 Å². The maximum Gasteiger partial charge on any atom is 0.472 e. The number of hydrogen-bond acceptors (Lipinski definition) is 12. The summed E-state index contributed by atoms with van der Waals surface area (Å²) in [5.41, 5.74) is 0. The van der Waals surface area contributed by atoms with Crippen molar-refractivity contribution < 1.29 is 63.1 Å². The fourth-order valence-electron chi connectivity index (χ4n) is 7.37. The van der Waals surface area contributed by atoms with Gasteiger partial charge in [0.2, 0.25) is 0 Å². The first kappa shape index (κ1) is 57.3. The summed E-state index contributed by atoms with van der Waals surface area (Å²) < 4.78 is 33.4. The molecule has 6 unspecified atom stereocenters. The summed E-state index contributed by atoms with van der Waals surface area (Å²) in [6, 6.07) is 0. The molecule has 0 bridgehead atoms. The molecule has 1 fully saturated rings. The van der Waals surface area contributed by atoms with E-state index in [-0.39, 0.29) is 12.8 Å². The van der Waals surface area contributed by atoms with Crippen LogP contribution in [0.3, 0.4) is 0 Å². The smallest absolute Gasteiger partial charge is 0.462 e. The Morgan fingerprint density at radius 1 is 0.492 bits per heavy atom. The number of aliphatic hydroxyl groups excluding tert-OH is 5. The molecule has 0 heterocycles. The second-order valence-corrected chi connectivity index (χ2v) is 18.4. The number of unbranched alkanes of at least 4 members (excludes halogenated alkanes) is 24. The number of hydrogen-bond donors (Lipinski definition) is 6. The van der Waals surface area contributed by atoms with Gasteiger partial charge in [-0.15, -0.1) is 0 Å². The largest absolute Gasteiger partial charge is 0.472 e. The highest BCUT2D eigenvalue weighted by atomic mass is 31.2. The minimum absolute atomic E-state index is 0.0399. The molecule has 6 N–H and O–H groups in total. The molecule has 0 amide bonds. The number of esters is 2. The predicted octanol–water partition coefficient (Wildman–Crippen LogP) is 9.62. The summed E-state index contributed by atoms with van der Waals surface area (Å²) in [5.74, 6) is -1.15. The lowest BCUT2D eigenvalue weighted by atomic mass is 9.85. The number of carbonyl (C=O) groups is 2. The van der Waals surface area contributed by atoms with E-state index in [2.05, 4.69) is 32.1 Å². The van der Waals surface area contributed by atoms with Gasteiger partial charge in [0.25, 0.3) is 0 Å². The monoisotopic (exact) mass is 891 g/mol. The van der Waals surface area contributed by atoms with Gasteiger partial charge in [-0.3, -0.25) is 18.6 Å². The Morgan fingerprint density at radius 3 is 1.34 bits per heavy atom. The van der Waals surface area contributed by atoms with Gasteiger partial charge in [-0.2, -0.15) is 0 Å². The first-order valence-electron chi connectivity index (χ1n) is 24.1. The maximum atomic E-state index is 12.8. The summed E-state index contributed by atoms with van der Waals surface area (Å²) in [6.45, 7) is 3.25. The Bertz CT molecular complexity index is 1170. The molecule has 8 atom stereocenters. The Hall–Kier alpha value is -1.67. The van der Waals surface area contributed by atoms with Crippen LogP contribution < -0.4 is 0 Å². The normalized spacial score (nSPS) is 22.2. The van der Waals surface area contributed by atoms with Gasteiger partial charge in [0.15, 0.2) is 6.10 Å². The first-order chi connectivity index (χ1) is 29.4. The van der Waals surface area contributed by atoms with E-state index in [9.17, 15) is 44.6 Å². The minimum Gasteiger partial charge on any atom is -0.462 e. The predicted molar refractivity (Wildman–Crippen MR) is 240 cm³/mol. The standard InChI is InChI=1S/C47H87O13P/c1-3-5-7-9-11-13-14-15-16-17-18-19-20-21-22-23-24-25-26-28-30-32-34-36-41(49)59-39(37-57-40(48)35-33-31-29-27-12-10-8-6-4-2)38-58-61(55,56)60-47-45(53)43(51)42(50)44(52)46(47)54/h23-24,28,30,39,42-47,50-54H,3-22,25-27,29,31-38H2,1-2H3,(H,55,56)/b24-23+,30-28+/t39-,42?,43+,44?,45?,46?,47?/m1/s1. The Labute approximate surface area is 368 Å². The lowest BCUT2D eigenvalue weighted by molar-refractivity contribution is -0.220. The molecule has 13 nitrogen and oxygen atoms in total. The number of ether oxygens (including phenoxy) is 2. The number of phosphoric acid groups is 1. The van der Waals surface area contributed by atoms with E-state index in [1.54, 1.807) is 0 Å². The number of aliphatic hydroxyl groups is 5. The van der Waals surface area contributed by atoms with Crippen molar-refractivity contribution in [3.63, 3.8) is 0 Å². The van der Waals surface area contributed by atoms with E-state index in [1.807, 2.05) is 6.08 Å². The van der Waals surface area contributed by atoms with E-state index >= 15 is 0 Å². The van der Waals surface area contributed by atoms with Crippen molar-refractivity contribution in [2.24, 2.45) is 0 Å². The summed E-state index contributed by atoms with van der Waals surface area (Å²) in [5, 5.41) is 50.1. The van der Waals surface area contributed by atoms with E-state index in [0.29, 0.717) is 19.3 Å². The summed E-state index contributed by atoms with van der Waals surface area (Å²) in [6.07, 6.45) is 28.4. The molecule has 358 valence electrons. The molecule has 0 aromatic carbocycles. The molecule has 0 saturated heterocycles. The van der Waals surface area contributed by atoms with Crippen LogP contribution in [0.2, 0.25) is 0 Å². The molecule has 1 aliphatic carbocycles. The first-order valence-corrected chi connectivity index (χ1v) is 25.6. The van der Waals surface area contributed by atoms with E-state index < -0.39 is 75.7 Å². The highest BCUT2D eigenvalue weighted by Gasteiger charge is 2.51. The Morgan fingerprint density at radius 2 is 0.869 bits per heavy atom. The fourth-order valence-corrected chi connectivity index (χ4v) is 8.34. The van der Waals surface area contributed by atoms with Gasteiger partial charge in [0.05, 0.1) is 6.61 Å². The zero-order valence-electron chi connectivity index (χ0n) is 38.0. The molecular weight excluding hydrogens is 803 g/mol. The van der Waals surface area contributed by atoms with Crippen LogP contribution in [0.15, 0.2) is 24.3 Å². The molecule has 1 aliphatic rings. The third kappa shape index (κ3) is 30.2. The van der Waals surface area contributed by atoms with Gasteiger partial charge in [-0.05, 0) is 44.9 Å². The van der Waals surface area contributed by atoms with E-state index in [0.717, 1.165) is 38.5 Å². The average Bonchev–Trinajstić information content (AvgIpc) is 3.24. The molecule has 1 rings (SSSR count). The Kier molecular flexibility index (Phi) is 35.4. The molecule has 61 heavy (non-hydrogen) atoms. The van der Waals surface area contributed by atoms with Gasteiger partial charge in [0.1, 0.15) is 43.2 Å². The van der Waals surface area contributed by atoms with Crippen molar-refractivity contribution in [1.82, 2.24) is 0 Å². The molecular formula is C47H87O13P. The lowest BCUT2D eigenvalue weighted by Crippen LogP contribution is -2.64. The number of allylic oxidation sites excluding steroid dienone is 4. The van der Waals surface area contributed by atoms with Crippen LogP contribution in [0.1, 0.15) is 206 Å². The molecule has 0 spiro atoms. The van der Waals surface area contributed by atoms with Gasteiger partial charge in [-0.1, -0.05) is 173 Å². The summed E-state index contributed by atoms with van der Waals surface area (Å²) >= 11 is 0. The van der Waals surface area contributed by atoms with Crippen LogP contribution in [0.5, 0.6) is 0 Å². The van der Waals surface area contributed by atoms with Gasteiger partial charge < -0.3 is 39.9 Å². The second kappa shape index (κ2) is 37.7. The van der Waals surface area contributed by atoms with Gasteiger partial charge in [0, 0.05) is 12.8 Å². The quantitative estimate of drug-likeness (QED) is 0.0147. The fraction of sp³-hybridized carbons (Fsp3) is 0.872. The van der Waals surface area contributed by atoms with Crippen molar-refractivity contribution in [1.29, 1.82) is 0 Å². The van der Waals surface area contributed by atoms with E-state index in [1.165, 1.54) is 122 Å². The topological polar surface area (TPSA) is 210 Å². The third-order valence-electron chi connectivity index (χ3n) is 11.3. The zero-order valence-corrected chi connectivity index (χ0v) is 38.9. The molecule has 0 aliphatic heterocycles.